The highest BCUT2D eigenvalue weighted by molar-refractivity contribution is 5.87. The molecule has 0 aromatic heterocycles. The van der Waals surface area contributed by atoms with Crippen molar-refractivity contribution in [3.05, 3.63) is 107 Å². The van der Waals surface area contributed by atoms with Gasteiger partial charge in [0.2, 0.25) is 0 Å². The zero-order valence-corrected chi connectivity index (χ0v) is 38.4. The van der Waals surface area contributed by atoms with E-state index in [4.69, 9.17) is 0 Å². The van der Waals surface area contributed by atoms with Crippen LogP contribution in [0.4, 0.5) is 26.3 Å². The van der Waals surface area contributed by atoms with Crippen LogP contribution in [-0.4, -0.2) is 62.8 Å². The Hall–Kier alpha value is -3.62. The number of rotatable bonds is 23. The van der Waals surface area contributed by atoms with Crippen LogP contribution in [0.1, 0.15) is 152 Å². The minimum Gasteiger partial charge on any atom is -0.236 e. The molecule has 0 unspecified atom stereocenters. The number of unbranched alkanes of at least 4 members (excludes halogenated alkanes) is 10. The molecule has 6 rings (SSSR count). The topological polar surface area (TPSA) is 0 Å². The lowest BCUT2D eigenvalue weighted by molar-refractivity contribution is -0.997. The molecule has 0 saturated heterocycles. The summed E-state index contributed by atoms with van der Waals surface area (Å²) in [4.78, 5) is 0. The molecule has 0 atom stereocenters. The molecule has 0 aliphatic heterocycles. The second kappa shape index (κ2) is 19.6. The summed E-state index contributed by atoms with van der Waals surface area (Å²) in [6, 6.07) is 30.6. The van der Waals surface area contributed by atoms with E-state index in [1.165, 1.54) is 127 Å². The highest BCUT2D eigenvalue weighted by Gasteiger charge is 2.51. The monoisotopic (exact) mass is 863 g/mol. The molecule has 8 heteroatoms. The van der Waals surface area contributed by atoms with Gasteiger partial charge in [0.05, 0.1) is 41.3 Å². The van der Waals surface area contributed by atoms with Crippen molar-refractivity contribution in [1.29, 1.82) is 0 Å². The van der Waals surface area contributed by atoms with E-state index in [-0.39, 0.29) is 31.3 Å². The summed E-state index contributed by atoms with van der Waals surface area (Å²) < 4.78 is 82.7. The van der Waals surface area contributed by atoms with Crippen LogP contribution in [0.25, 0.3) is 33.4 Å². The number of benzene rings is 4. The molecule has 2 aliphatic rings. The number of hydrogen-bond donors (Lipinski definition) is 0. The van der Waals surface area contributed by atoms with Crippen molar-refractivity contribution in [1.82, 2.24) is 0 Å². The van der Waals surface area contributed by atoms with Crippen LogP contribution in [0.3, 0.4) is 0 Å². The molecule has 2 aliphatic carbocycles. The van der Waals surface area contributed by atoms with Crippen molar-refractivity contribution < 1.29 is 35.3 Å². The molecule has 0 N–H and O–H groups in total. The van der Waals surface area contributed by atoms with Crippen LogP contribution in [-0.2, 0) is 10.8 Å². The summed E-state index contributed by atoms with van der Waals surface area (Å²) in [5, 5.41) is 0. The van der Waals surface area contributed by atoms with Crippen molar-refractivity contribution in [2.24, 2.45) is 0 Å². The van der Waals surface area contributed by atoms with Gasteiger partial charge in [-0.05, 0) is 106 Å². The van der Waals surface area contributed by atoms with E-state index >= 15 is 0 Å². The zero-order valence-electron chi connectivity index (χ0n) is 38.4. The predicted molar refractivity (Wildman–Crippen MR) is 245 cm³/mol. The molecule has 4 aromatic carbocycles. The van der Waals surface area contributed by atoms with Crippen molar-refractivity contribution in [2.45, 2.75) is 153 Å². The maximum atomic E-state index is 14.2. The second-order valence-corrected chi connectivity index (χ2v) is 19.8. The van der Waals surface area contributed by atoms with Crippen LogP contribution in [0.2, 0.25) is 0 Å². The van der Waals surface area contributed by atoms with Crippen LogP contribution in [0.15, 0.2) is 84.9 Å². The molecule has 62 heavy (non-hydrogen) atoms. The zero-order chi connectivity index (χ0) is 44.8. The number of nitrogens with zero attached hydrogens (tertiary/aromatic N) is 2. The Morgan fingerprint density at radius 1 is 0.387 bits per heavy atom. The van der Waals surface area contributed by atoms with E-state index in [1.807, 2.05) is 18.2 Å². The first-order valence-electron chi connectivity index (χ1n) is 23.7. The number of halogens is 6. The molecule has 0 heterocycles. The normalized spacial score (nSPS) is 15.4. The second-order valence-electron chi connectivity index (χ2n) is 19.8. The Morgan fingerprint density at radius 3 is 1.08 bits per heavy atom. The average molecular weight is 863 g/mol. The molecular formula is C54H72F6N2+2. The Bertz CT molecular complexity index is 2050. The van der Waals surface area contributed by atoms with E-state index in [2.05, 4.69) is 80.6 Å². The first-order valence-corrected chi connectivity index (χ1v) is 23.7. The van der Waals surface area contributed by atoms with Crippen LogP contribution < -0.4 is 0 Å². The Morgan fingerprint density at radius 2 is 0.710 bits per heavy atom. The summed E-state index contributed by atoms with van der Waals surface area (Å²) in [6.45, 7) is 4.27. The van der Waals surface area contributed by atoms with Gasteiger partial charge in [-0.1, -0.05) is 164 Å². The number of hydrogen-bond acceptors (Lipinski definition) is 0. The van der Waals surface area contributed by atoms with Gasteiger partial charge in [0.1, 0.15) is 0 Å². The standard InChI is InChI=1S/C54H72F6N2/c1-7-9-11-13-15-21-33-51(34-22-16-14-12-10-8-2)47-27-19-17-25-43(47)45-31-29-41(39-49(45)51)42-30-32-46-44-26-18-20-28-48(44)52(50(46)40-42,35-23-37-61(3,4)53(55,56)57)36-24-38-62(5,6)54(58,59)60/h17-20,25-32,39-40H,7-16,21-24,33-38H2,1-6H3/q+2. The van der Waals surface area contributed by atoms with Gasteiger partial charge in [-0.25, -0.2) is 8.97 Å². The third kappa shape index (κ3) is 9.87. The average Bonchev–Trinajstić information content (AvgIpc) is 3.65. The summed E-state index contributed by atoms with van der Waals surface area (Å²) in [7, 11) is 4.76. The third-order valence-electron chi connectivity index (χ3n) is 14.8. The first-order chi connectivity index (χ1) is 29.4. The molecule has 2 nitrogen and oxygen atoms in total. The largest absolute Gasteiger partial charge is 0.560 e. The molecule has 0 fully saturated rings. The van der Waals surface area contributed by atoms with E-state index in [0.29, 0.717) is 12.8 Å². The Labute approximate surface area is 368 Å². The van der Waals surface area contributed by atoms with Gasteiger partial charge in [-0.15, -0.1) is 26.3 Å². The fourth-order valence-electron chi connectivity index (χ4n) is 10.8. The summed E-state index contributed by atoms with van der Waals surface area (Å²) in [5.74, 6) is 0. The summed E-state index contributed by atoms with van der Waals surface area (Å²) in [6.07, 6.45) is 9.55. The van der Waals surface area contributed by atoms with Gasteiger partial charge in [-0.3, -0.25) is 0 Å². The predicted octanol–water partition coefficient (Wildman–Crippen LogP) is 16.1. The fraction of sp³-hybridized carbons (Fsp3) is 0.556. The van der Waals surface area contributed by atoms with Crippen molar-refractivity contribution >= 4 is 0 Å². The van der Waals surface area contributed by atoms with Crippen molar-refractivity contribution in [3.63, 3.8) is 0 Å². The van der Waals surface area contributed by atoms with Crippen molar-refractivity contribution in [2.75, 3.05) is 41.3 Å². The van der Waals surface area contributed by atoms with Crippen LogP contribution >= 0.6 is 0 Å². The molecule has 0 amide bonds. The lowest BCUT2D eigenvalue weighted by Gasteiger charge is -2.37. The summed E-state index contributed by atoms with van der Waals surface area (Å²) >= 11 is 0. The van der Waals surface area contributed by atoms with Gasteiger partial charge >= 0.3 is 12.6 Å². The van der Waals surface area contributed by atoms with Crippen molar-refractivity contribution in [3.8, 4) is 33.4 Å². The van der Waals surface area contributed by atoms with Gasteiger partial charge in [0.25, 0.3) is 0 Å². The highest BCUT2D eigenvalue weighted by atomic mass is 19.4. The molecule has 0 saturated carbocycles. The van der Waals surface area contributed by atoms with E-state index in [9.17, 15) is 26.3 Å². The smallest absolute Gasteiger partial charge is 0.236 e. The SMILES string of the molecule is CCCCCCCCC1(CCCCCCCC)c2ccccc2-c2ccc(-c3ccc4c(c3)C(CCC[N+](C)(C)C(F)(F)F)(CCC[N+](C)(C)C(F)(F)F)c3ccccc3-4)cc21. The molecule has 338 valence electrons. The lowest BCUT2D eigenvalue weighted by atomic mass is 9.70. The van der Waals surface area contributed by atoms with Gasteiger partial charge < -0.3 is 0 Å². The van der Waals surface area contributed by atoms with E-state index in [1.54, 1.807) is 0 Å². The minimum atomic E-state index is -4.42. The van der Waals surface area contributed by atoms with Crippen LogP contribution in [0, 0.1) is 0 Å². The number of alkyl halides is 6. The Balaban J connectivity index is 1.42. The van der Waals surface area contributed by atoms with E-state index in [0.717, 1.165) is 46.2 Å². The van der Waals surface area contributed by atoms with Gasteiger partial charge in [0.15, 0.2) is 0 Å². The molecular weight excluding hydrogens is 791 g/mol. The quantitative estimate of drug-likeness (QED) is 0.0302. The Kier molecular flexibility index (Phi) is 15.2. The lowest BCUT2D eigenvalue weighted by Crippen LogP contribution is -2.52. The first kappa shape index (κ1) is 47.8. The molecule has 4 aromatic rings. The van der Waals surface area contributed by atoms with Crippen LogP contribution in [0.5, 0.6) is 0 Å². The fourth-order valence-corrected chi connectivity index (χ4v) is 10.8. The maximum absolute atomic E-state index is 14.2. The maximum Gasteiger partial charge on any atom is 0.560 e. The number of fused-ring (bicyclic) bond motifs is 6. The summed E-state index contributed by atoms with van der Waals surface area (Å²) in [5.41, 5.74) is 10.8. The van der Waals surface area contributed by atoms with Gasteiger partial charge in [0, 0.05) is 10.8 Å². The van der Waals surface area contributed by atoms with Gasteiger partial charge in [-0.2, -0.15) is 0 Å². The molecule has 0 bridgehead atoms. The number of quaternary nitrogens is 2. The minimum absolute atomic E-state index is 0.0960. The molecule has 0 spiro atoms. The third-order valence-corrected chi connectivity index (χ3v) is 14.8. The van der Waals surface area contributed by atoms with E-state index < -0.39 is 27.0 Å². The highest BCUT2D eigenvalue weighted by Crippen LogP contribution is 2.57. The molecule has 0 radical (unpaired) electrons.